The summed E-state index contributed by atoms with van der Waals surface area (Å²) < 4.78 is 6.17. The molecular formula is C29H27BrINO6. The number of carbonyl (C=O) groups excluding carboxylic acids is 4. The van der Waals surface area contributed by atoms with E-state index >= 15 is 0 Å². The van der Waals surface area contributed by atoms with Gasteiger partial charge in [0, 0.05) is 29.2 Å². The van der Waals surface area contributed by atoms with Crippen molar-refractivity contribution in [1.82, 2.24) is 4.90 Å². The van der Waals surface area contributed by atoms with E-state index in [1.54, 1.807) is 17.0 Å². The van der Waals surface area contributed by atoms with E-state index in [1.165, 1.54) is 13.2 Å². The third-order valence-corrected chi connectivity index (χ3v) is 10.3. The van der Waals surface area contributed by atoms with Crippen molar-refractivity contribution in [3.63, 3.8) is 0 Å². The summed E-state index contributed by atoms with van der Waals surface area (Å²) in [6, 6.07) is 3.44. The fraction of sp³-hybridized carbons (Fsp3) is 0.448. The number of benzene rings is 1. The molecule has 0 spiro atoms. The number of phenolic OH excluding ortho intramolecular Hbond substituents is 1. The monoisotopic (exact) mass is 691 g/mol. The summed E-state index contributed by atoms with van der Waals surface area (Å²) in [5.41, 5.74) is 2.41. The number of carbonyl (C=O) groups is 4. The maximum atomic E-state index is 14.0. The number of hydrogen-bond acceptors (Lipinski definition) is 6. The lowest BCUT2D eigenvalue weighted by atomic mass is 9.59. The first-order chi connectivity index (χ1) is 18.2. The van der Waals surface area contributed by atoms with Gasteiger partial charge >= 0.3 is 0 Å². The van der Waals surface area contributed by atoms with Gasteiger partial charge in [-0.15, -0.1) is 0 Å². The minimum Gasteiger partial charge on any atom is -0.504 e. The van der Waals surface area contributed by atoms with Crippen molar-refractivity contribution in [3.8, 4) is 11.5 Å². The molecule has 2 amide bonds. The summed E-state index contributed by atoms with van der Waals surface area (Å²) in [4.78, 5) is 55.8. The van der Waals surface area contributed by atoms with E-state index in [4.69, 9.17) is 4.74 Å². The summed E-state index contributed by atoms with van der Waals surface area (Å²) in [6.45, 7) is 0. The molecule has 0 aromatic heterocycles. The lowest BCUT2D eigenvalue weighted by molar-refractivity contribution is -0.143. The molecule has 5 aliphatic rings. The molecule has 0 bridgehead atoms. The second-order valence-corrected chi connectivity index (χ2v) is 12.8. The zero-order valence-corrected chi connectivity index (χ0v) is 24.6. The van der Waals surface area contributed by atoms with Crippen LogP contribution >= 0.6 is 38.5 Å². The van der Waals surface area contributed by atoms with Crippen LogP contribution in [0.4, 0.5) is 0 Å². The largest absolute Gasteiger partial charge is 0.504 e. The Morgan fingerprint density at radius 1 is 1.05 bits per heavy atom. The first-order valence-electron chi connectivity index (χ1n) is 13.1. The maximum absolute atomic E-state index is 14.0. The summed E-state index contributed by atoms with van der Waals surface area (Å²) in [5.74, 6) is -2.39. The molecule has 1 aliphatic heterocycles. The number of methoxy groups -OCH3 is 1. The van der Waals surface area contributed by atoms with E-state index < -0.39 is 17.8 Å². The highest BCUT2D eigenvalue weighted by molar-refractivity contribution is 14.1. The molecule has 0 unspecified atom stereocenters. The Bertz CT molecular complexity index is 1390. The molecule has 6 rings (SSSR count). The van der Waals surface area contributed by atoms with Crippen LogP contribution < -0.4 is 4.74 Å². The molecule has 4 atom stereocenters. The van der Waals surface area contributed by atoms with Crippen molar-refractivity contribution in [3.05, 3.63) is 54.6 Å². The van der Waals surface area contributed by atoms with Gasteiger partial charge in [0.25, 0.3) is 0 Å². The number of Topliss-reactive ketones (excluding diaryl/α,β-unsaturated/α-hetero) is 1. The minimum atomic E-state index is -0.576. The van der Waals surface area contributed by atoms with Crippen LogP contribution in [0, 0.1) is 21.3 Å². The molecule has 1 N–H and O–H groups in total. The molecule has 1 saturated carbocycles. The highest BCUT2D eigenvalue weighted by Crippen LogP contribution is 2.56. The predicted octanol–water partition coefficient (Wildman–Crippen LogP) is 5.10. The van der Waals surface area contributed by atoms with Crippen molar-refractivity contribution in [2.75, 3.05) is 7.11 Å². The zero-order chi connectivity index (χ0) is 26.9. The summed E-state index contributed by atoms with van der Waals surface area (Å²) in [6.07, 6.45) is 8.85. The summed E-state index contributed by atoms with van der Waals surface area (Å²) in [5, 5.41) is 10.5. The number of ether oxygens (including phenoxy) is 1. The Kier molecular flexibility index (Phi) is 6.65. The van der Waals surface area contributed by atoms with Gasteiger partial charge in [-0.1, -0.05) is 30.9 Å². The zero-order valence-electron chi connectivity index (χ0n) is 20.8. The smallest absolute Gasteiger partial charge is 0.233 e. The molecule has 9 heteroatoms. The number of amides is 2. The Morgan fingerprint density at radius 2 is 1.79 bits per heavy atom. The van der Waals surface area contributed by atoms with Gasteiger partial charge in [0.05, 0.1) is 27.0 Å². The predicted molar refractivity (Wildman–Crippen MR) is 151 cm³/mol. The van der Waals surface area contributed by atoms with Crippen LogP contribution in [0.3, 0.4) is 0 Å². The van der Waals surface area contributed by atoms with E-state index in [9.17, 15) is 24.3 Å². The third-order valence-electron chi connectivity index (χ3n) is 8.91. The fourth-order valence-electron chi connectivity index (χ4n) is 7.23. The number of imide groups is 1. The molecule has 1 aromatic rings. The van der Waals surface area contributed by atoms with Gasteiger partial charge in [-0.05, 0) is 87.8 Å². The van der Waals surface area contributed by atoms with Crippen LogP contribution in [0.2, 0.25) is 0 Å². The molecule has 4 aliphatic carbocycles. The number of ketones is 2. The molecule has 1 aromatic carbocycles. The van der Waals surface area contributed by atoms with Gasteiger partial charge in [-0.2, -0.15) is 0 Å². The van der Waals surface area contributed by atoms with Gasteiger partial charge in [0.1, 0.15) is 0 Å². The van der Waals surface area contributed by atoms with Crippen LogP contribution in [0.5, 0.6) is 11.5 Å². The van der Waals surface area contributed by atoms with E-state index in [0.29, 0.717) is 26.7 Å². The summed E-state index contributed by atoms with van der Waals surface area (Å²) in [7, 11) is 1.46. The molecule has 38 heavy (non-hydrogen) atoms. The first-order valence-corrected chi connectivity index (χ1v) is 14.9. The van der Waals surface area contributed by atoms with E-state index in [-0.39, 0.29) is 57.7 Å². The number of halogens is 2. The lowest BCUT2D eigenvalue weighted by Gasteiger charge is -2.42. The molecule has 1 heterocycles. The second-order valence-electron chi connectivity index (χ2n) is 10.8. The Labute approximate surface area is 242 Å². The number of allylic oxidation sites excluding steroid dienone is 6. The minimum absolute atomic E-state index is 0.00415. The van der Waals surface area contributed by atoms with Crippen molar-refractivity contribution in [2.24, 2.45) is 17.8 Å². The normalized spacial score (nSPS) is 29.6. The number of fused-ring (bicyclic) bond motifs is 3. The van der Waals surface area contributed by atoms with Gasteiger partial charge in [0.15, 0.2) is 23.1 Å². The van der Waals surface area contributed by atoms with Crippen LogP contribution in [0.1, 0.15) is 56.4 Å². The number of likely N-dealkylation sites (tertiary alicyclic amines) is 1. The van der Waals surface area contributed by atoms with Gasteiger partial charge in [-0.25, -0.2) is 0 Å². The average Bonchev–Trinajstić information content (AvgIpc) is 3.17. The number of nitrogens with zero attached hydrogens (tertiary/aromatic N) is 1. The van der Waals surface area contributed by atoms with Crippen LogP contribution in [0.15, 0.2) is 45.5 Å². The van der Waals surface area contributed by atoms with Gasteiger partial charge in [-0.3, -0.25) is 24.1 Å². The molecule has 2 fully saturated rings. The quantitative estimate of drug-likeness (QED) is 0.205. The first kappa shape index (κ1) is 26.0. The van der Waals surface area contributed by atoms with Crippen LogP contribution in [0.25, 0.3) is 0 Å². The summed E-state index contributed by atoms with van der Waals surface area (Å²) >= 11 is 5.28. The van der Waals surface area contributed by atoms with E-state index in [1.807, 2.05) is 28.7 Å². The van der Waals surface area contributed by atoms with Crippen LogP contribution in [-0.2, 0) is 19.2 Å². The van der Waals surface area contributed by atoms with E-state index in [2.05, 4.69) is 15.9 Å². The second kappa shape index (κ2) is 9.73. The SMILES string of the molecule is COc1cc([C@H]2C3=CC[C@@H]4C(=O)N(C5CCCCC5)C(=O)[C@@H]4[C@@H]3CC3=C2C(=O)C=C(Br)C3=O)cc(I)c1O. The lowest BCUT2D eigenvalue weighted by Crippen LogP contribution is -2.43. The Morgan fingerprint density at radius 3 is 2.50 bits per heavy atom. The molecular weight excluding hydrogens is 665 g/mol. The Balaban J connectivity index is 1.49. The topological polar surface area (TPSA) is 101 Å². The highest BCUT2D eigenvalue weighted by Gasteiger charge is 2.57. The maximum Gasteiger partial charge on any atom is 0.233 e. The molecule has 7 nitrogen and oxygen atoms in total. The average molecular weight is 692 g/mol. The Hall–Kier alpha value is -2.27. The number of hydrogen-bond donors (Lipinski definition) is 1. The van der Waals surface area contributed by atoms with Crippen molar-refractivity contribution < 1.29 is 29.0 Å². The van der Waals surface area contributed by atoms with Crippen molar-refractivity contribution in [1.29, 1.82) is 0 Å². The number of phenols is 1. The standard InChI is InChI=1S/C29H27BrINO6/c1-38-22-10-13(9-20(31)27(22)35)23-15-7-8-16-24(29(37)32(28(16)36)14-5-3-2-4-6-14)17(15)11-18-25(23)21(33)12-19(30)26(18)34/h7,9-10,12,14,16-17,23-24,35H,2-6,8,11H2,1H3/t16-,17+,23-,24-/m0/s1. The fourth-order valence-corrected chi connectivity index (χ4v) is 8.30. The molecule has 198 valence electrons. The number of aromatic hydroxyl groups is 1. The van der Waals surface area contributed by atoms with E-state index in [0.717, 1.165) is 37.7 Å². The van der Waals surface area contributed by atoms with Crippen molar-refractivity contribution in [2.45, 2.75) is 56.9 Å². The van der Waals surface area contributed by atoms with Crippen molar-refractivity contribution >= 4 is 61.9 Å². The molecule has 1 saturated heterocycles. The van der Waals surface area contributed by atoms with Gasteiger partial charge < -0.3 is 9.84 Å². The number of rotatable bonds is 3. The highest BCUT2D eigenvalue weighted by atomic mass is 127. The molecule has 0 radical (unpaired) electrons. The van der Waals surface area contributed by atoms with Crippen LogP contribution in [-0.4, -0.2) is 46.5 Å². The van der Waals surface area contributed by atoms with Gasteiger partial charge in [0.2, 0.25) is 11.8 Å². The third kappa shape index (κ3) is 3.86.